The number of carbonyl (C=O) groups is 1. The lowest BCUT2D eigenvalue weighted by Gasteiger charge is -2.18. The third kappa shape index (κ3) is 4.21. The van der Waals surface area contributed by atoms with Gasteiger partial charge in [0, 0.05) is 5.56 Å². The standard InChI is InChI=1S/C15H20N2O4S2/c1-9-8-13(12(4)21-9)10(2)16-15(18)11(3)17-23(19,20)14-6-5-7-22-14/h5-8,10-11,17H,1-4H3,(H,16,18). The molecule has 6 nitrogen and oxygen atoms in total. The van der Waals surface area contributed by atoms with Crippen LogP contribution in [0, 0.1) is 13.8 Å². The van der Waals surface area contributed by atoms with Gasteiger partial charge in [-0.3, -0.25) is 4.79 Å². The minimum Gasteiger partial charge on any atom is -0.466 e. The molecule has 0 aliphatic rings. The molecule has 0 saturated heterocycles. The molecule has 2 aromatic rings. The maximum atomic E-state index is 12.2. The number of rotatable bonds is 6. The van der Waals surface area contributed by atoms with Crippen LogP contribution in [0.15, 0.2) is 32.2 Å². The van der Waals surface area contributed by atoms with Gasteiger partial charge in [0.15, 0.2) is 0 Å². The van der Waals surface area contributed by atoms with Crippen LogP contribution >= 0.6 is 11.3 Å². The number of hydrogen-bond acceptors (Lipinski definition) is 5. The number of carbonyl (C=O) groups excluding carboxylic acids is 1. The summed E-state index contributed by atoms with van der Waals surface area (Å²) in [5, 5.41) is 4.47. The summed E-state index contributed by atoms with van der Waals surface area (Å²) < 4.78 is 32.3. The molecule has 0 radical (unpaired) electrons. The van der Waals surface area contributed by atoms with Crippen LogP contribution in [0.1, 0.15) is 37.0 Å². The van der Waals surface area contributed by atoms with E-state index in [0.29, 0.717) is 0 Å². The summed E-state index contributed by atoms with van der Waals surface area (Å²) in [6.07, 6.45) is 0. The number of nitrogens with one attached hydrogen (secondary N) is 2. The van der Waals surface area contributed by atoms with Crippen LogP contribution in [0.5, 0.6) is 0 Å². The van der Waals surface area contributed by atoms with Gasteiger partial charge in [-0.05, 0) is 45.2 Å². The van der Waals surface area contributed by atoms with Crippen molar-refractivity contribution < 1.29 is 17.6 Å². The minimum absolute atomic E-state index is 0.187. The molecule has 2 atom stereocenters. The Labute approximate surface area is 139 Å². The van der Waals surface area contributed by atoms with Crippen molar-refractivity contribution in [2.75, 3.05) is 0 Å². The van der Waals surface area contributed by atoms with E-state index in [0.717, 1.165) is 28.4 Å². The molecular weight excluding hydrogens is 336 g/mol. The third-order valence-corrected chi connectivity index (χ3v) is 6.33. The lowest BCUT2D eigenvalue weighted by atomic mass is 10.1. The van der Waals surface area contributed by atoms with Gasteiger partial charge < -0.3 is 9.73 Å². The molecule has 1 amide bonds. The van der Waals surface area contributed by atoms with E-state index >= 15 is 0 Å². The second kappa shape index (κ2) is 6.86. The van der Waals surface area contributed by atoms with Crippen LogP contribution in [-0.2, 0) is 14.8 Å². The average molecular weight is 356 g/mol. The number of amides is 1. The van der Waals surface area contributed by atoms with Crippen LogP contribution in [0.2, 0.25) is 0 Å². The Morgan fingerprint density at radius 1 is 1.30 bits per heavy atom. The second-order valence-electron chi connectivity index (χ2n) is 5.37. The summed E-state index contributed by atoms with van der Waals surface area (Å²) in [4.78, 5) is 12.2. The van der Waals surface area contributed by atoms with Crippen LogP contribution in [0.3, 0.4) is 0 Å². The summed E-state index contributed by atoms with van der Waals surface area (Å²) in [5.74, 6) is 1.11. The number of thiophene rings is 1. The predicted molar refractivity (Wildman–Crippen MR) is 88.8 cm³/mol. The van der Waals surface area contributed by atoms with Gasteiger partial charge in [0.05, 0.1) is 12.1 Å². The highest BCUT2D eigenvalue weighted by Crippen LogP contribution is 2.21. The summed E-state index contributed by atoms with van der Waals surface area (Å²) in [5.41, 5.74) is 0.879. The second-order valence-corrected chi connectivity index (χ2v) is 8.26. The zero-order valence-electron chi connectivity index (χ0n) is 13.4. The number of sulfonamides is 1. The summed E-state index contributed by atoms with van der Waals surface area (Å²) in [6.45, 7) is 7.01. The molecule has 0 aliphatic heterocycles. The van der Waals surface area contributed by atoms with Crippen molar-refractivity contribution in [3.05, 3.63) is 40.7 Å². The van der Waals surface area contributed by atoms with E-state index in [1.807, 2.05) is 26.8 Å². The Kier molecular flexibility index (Phi) is 5.28. The first kappa shape index (κ1) is 17.7. The molecule has 126 valence electrons. The van der Waals surface area contributed by atoms with Crippen molar-refractivity contribution in [2.45, 2.75) is 44.0 Å². The first-order chi connectivity index (χ1) is 10.7. The summed E-state index contributed by atoms with van der Waals surface area (Å²) in [7, 11) is -3.68. The molecule has 0 aromatic carbocycles. The largest absolute Gasteiger partial charge is 0.466 e. The van der Waals surface area contributed by atoms with Gasteiger partial charge in [-0.25, -0.2) is 8.42 Å². The molecule has 0 bridgehead atoms. The first-order valence-corrected chi connectivity index (χ1v) is 9.50. The maximum absolute atomic E-state index is 12.2. The quantitative estimate of drug-likeness (QED) is 0.832. The SMILES string of the molecule is Cc1cc(C(C)NC(=O)C(C)NS(=O)(=O)c2cccs2)c(C)o1. The Hall–Kier alpha value is -1.64. The van der Waals surface area contributed by atoms with Crippen molar-refractivity contribution in [2.24, 2.45) is 0 Å². The lowest BCUT2D eigenvalue weighted by molar-refractivity contribution is -0.123. The fourth-order valence-corrected chi connectivity index (χ4v) is 4.47. The van der Waals surface area contributed by atoms with E-state index in [1.54, 1.807) is 11.4 Å². The smallest absolute Gasteiger partial charge is 0.250 e. The number of aryl methyl sites for hydroxylation is 2. The normalized spacial score (nSPS) is 14.4. The Bertz CT molecular complexity index is 779. The van der Waals surface area contributed by atoms with E-state index in [-0.39, 0.29) is 10.3 Å². The fourth-order valence-electron chi connectivity index (χ4n) is 2.26. The van der Waals surface area contributed by atoms with Gasteiger partial charge in [-0.2, -0.15) is 4.72 Å². The van der Waals surface area contributed by atoms with Crippen LogP contribution < -0.4 is 10.0 Å². The zero-order chi connectivity index (χ0) is 17.2. The summed E-state index contributed by atoms with van der Waals surface area (Å²) >= 11 is 1.10. The van der Waals surface area contributed by atoms with Gasteiger partial charge in [0.2, 0.25) is 5.91 Å². The molecule has 2 unspecified atom stereocenters. The summed E-state index contributed by atoms with van der Waals surface area (Å²) in [6, 6.07) is 3.86. The van der Waals surface area contributed by atoms with E-state index < -0.39 is 22.0 Å². The Morgan fingerprint density at radius 3 is 2.52 bits per heavy atom. The van der Waals surface area contributed by atoms with Crippen molar-refractivity contribution in [3.63, 3.8) is 0 Å². The first-order valence-electron chi connectivity index (χ1n) is 7.14. The van der Waals surface area contributed by atoms with Gasteiger partial charge >= 0.3 is 0 Å². The van der Waals surface area contributed by atoms with E-state index in [2.05, 4.69) is 10.0 Å². The zero-order valence-corrected chi connectivity index (χ0v) is 15.0. The molecule has 2 N–H and O–H groups in total. The topological polar surface area (TPSA) is 88.4 Å². The van der Waals surface area contributed by atoms with Crippen molar-refractivity contribution in [1.29, 1.82) is 0 Å². The van der Waals surface area contributed by atoms with E-state index in [4.69, 9.17) is 4.42 Å². The van der Waals surface area contributed by atoms with Crippen molar-refractivity contribution in [1.82, 2.24) is 10.0 Å². The van der Waals surface area contributed by atoms with Gasteiger partial charge in [0.25, 0.3) is 10.0 Å². The molecule has 0 aliphatic carbocycles. The predicted octanol–water partition coefficient (Wildman–Crippen LogP) is 2.50. The molecule has 2 heterocycles. The number of hydrogen-bond donors (Lipinski definition) is 2. The Morgan fingerprint density at radius 2 is 2.00 bits per heavy atom. The molecule has 0 fully saturated rings. The molecule has 0 saturated carbocycles. The lowest BCUT2D eigenvalue weighted by Crippen LogP contribution is -2.45. The fraction of sp³-hybridized carbons (Fsp3) is 0.400. The average Bonchev–Trinajstić information content (AvgIpc) is 3.08. The highest BCUT2D eigenvalue weighted by molar-refractivity contribution is 7.91. The molecule has 0 spiro atoms. The van der Waals surface area contributed by atoms with E-state index in [1.165, 1.54) is 13.0 Å². The van der Waals surface area contributed by atoms with E-state index in [9.17, 15) is 13.2 Å². The van der Waals surface area contributed by atoms with Gasteiger partial charge in [0.1, 0.15) is 15.7 Å². The van der Waals surface area contributed by atoms with Crippen molar-refractivity contribution in [3.8, 4) is 0 Å². The van der Waals surface area contributed by atoms with Gasteiger partial charge in [-0.1, -0.05) is 6.07 Å². The minimum atomic E-state index is -3.68. The van der Waals surface area contributed by atoms with Crippen LogP contribution in [0.4, 0.5) is 0 Å². The third-order valence-electron chi connectivity index (χ3n) is 3.39. The van der Waals surface area contributed by atoms with Crippen LogP contribution in [0.25, 0.3) is 0 Å². The molecular formula is C15H20N2O4S2. The molecule has 2 rings (SSSR count). The van der Waals surface area contributed by atoms with Gasteiger partial charge in [-0.15, -0.1) is 11.3 Å². The Balaban J connectivity index is 2.01. The molecule has 23 heavy (non-hydrogen) atoms. The highest BCUT2D eigenvalue weighted by Gasteiger charge is 2.24. The molecule has 8 heteroatoms. The highest BCUT2D eigenvalue weighted by atomic mass is 32.2. The molecule has 2 aromatic heterocycles. The number of furan rings is 1. The monoisotopic (exact) mass is 356 g/mol. The van der Waals surface area contributed by atoms with Crippen molar-refractivity contribution >= 4 is 27.3 Å². The van der Waals surface area contributed by atoms with Crippen LogP contribution in [-0.4, -0.2) is 20.4 Å². The maximum Gasteiger partial charge on any atom is 0.250 e.